The molecule has 5 nitrogen and oxygen atoms in total. The number of anilines is 1. The Bertz CT molecular complexity index is 691. The van der Waals surface area contributed by atoms with E-state index in [1.165, 1.54) is 43.5 Å². The van der Waals surface area contributed by atoms with Crippen LogP contribution in [0, 0.1) is 5.82 Å². The Morgan fingerprint density at radius 1 is 1.27 bits per heavy atom. The molecule has 1 heterocycles. The van der Waals surface area contributed by atoms with Crippen molar-refractivity contribution >= 4 is 29.2 Å². The van der Waals surface area contributed by atoms with Crippen molar-refractivity contribution < 1.29 is 18.7 Å². The number of hydrogen-bond acceptors (Lipinski definition) is 4. The van der Waals surface area contributed by atoms with E-state index in [2.05, 4.69) is 10.3 Å². The summed E-state index contributed by atoms with van der Waals surface area (Å²) in [6, 6.07) is 8.56. The number of para-hydroxylation sites is 1. The van der Waals surface area contributed by atoms with Crippen molar-refractivity contribution in [3.63, 3.8) is 0 Å². The second-order valence-electron chi connectivity index (χ2n) is 4.39. The van der Waals surface area contributed by atoms with E-state index >= 15 is 0 Å². The molecule has 0 spiro atoms. The molecule has 114 valence electrons. The molecule has 1 aromatic heterocycles. The topological polar surface area (TPSA) is 68.3 Å². The number of rotatable bonds is 4. The summed E-state index contributed by atoms with van der Waals surface area (Å²) in [5, 5.41) is 2.59. The van der Waals surface area contributed by atoms with E-state index in [9.17, 15) is 14.0 Å². The SMILES string of the molecule is CC(OC(=O)c1ccc(Cl)nc1)C(=O)Nc1ccccc1F. The number of benzene rings is 1. The molecule has 0 aliphatic rings. The third-order valence-corrected chi connectivity index (χ3v) is 2.97. The lowest BCUT2D eigenvalue weighted by molar-refractivity contribution is -0.123. The van der Waals surface area contributed by atoms with Crippen molar-refractivity contribution in [3.05, 3.63) is 59.1 Å². The van der Waals surface area contributed by atoms with E-state index in [4.69, 9.17) is 16.3 Å². The van der Waals surface area contributed by atoms with E-state index in [1.54, 1.807) is 6.07 Å². The minimum absolute atomic E-state index is 0.0172. The number of amides is 1. The Hall–Kier alpha value is -2.47. The van der Waals surface area contributed by atoms with Crippen LogP contribution in [0.4, 0.5) is 10.1 Å². The molecule has 0 aliphatic carbocycles. The van der Waals surface area contributed by atoms with Gasteiger partial charge in [-0.05, 0) is 31.2 Å². The molecule has 0 saturated carbocycles. The molecule has 1 atom stereocenters. The van der Waals surface area contributed by atoms with Gasteiger partial charge in [-0.3, -0.25) is 4.79 Å². The van der Waals surface area contributed by atoms with Crippen LogP contribution in [0.5, 0.6) is 0 Å². The average molecular weight is 323 g/mol. The summed E-state index contributed by atoms with van der Waals surface area (Å²) in [5.74, 6) is -1.93. The van der Waals surface area contributed by atoms with Crippen molar-refractivity contribution in [2.45, 2.75) is 13.0 Å². The highest BCUT2D eigenvalue weighted by atomic mass is 35.5. The van der Waals surface area contributed by atoms with Crippen LogP contribution in [0.25, 0.3) is 0 Å². The number of halogens is 2. The lowest BCUT2D eigenvalue weighted by atomic mass is 10.2. The molecule has 7 heteroatoms. The first-order chi connectivity index (χ1) is 10.5. The smallest absolute Gasteiger partial charge is 0.340 e. The van der Waals surface area contributed by atoms with Gasteiger partial charge < -0.3 is 10.1 Å². The minimum atomic E-state index is -1.09. The first-order valence-corrected chi connectivity index (χ1v) is 6.73. The maximum absolute atomic E-state index is 13.4. The first kappa shape index (κ1) is 15.9. The average Bonchev–Trinajstić information content (AvgIpc) is 2.50. The maximum atomic E-state index is 13.4. The highest BCUT2D eigenvalue weighted by molar-refractivity contribution is 6.29. The molecule has 1 aromatic carbocycles. The van der Waals surface area contributed by atoms with Gasteiger partial charge in [0, 0.05) is 6.20 Å². The molecular weight excluding hydrogens is 311 g/mol. The van der Waals surface area contributed by atoms with Crippen LogP contribution in [0.2, 0.25) is 5.15 Å². The van der Waals surface area contributed by atoms with Crippen molar-refractivity contribution in [1.82, 2.24) is 4.98 Å². The number of hydrogen-bond donors (Lipinski definition) is 1. The van der Waals surface area contributed by atoms with Gasteiger partial charge >= 0.3 is 5.97 Å². The minimum Gasteiger partial charge on any atom is -0.449 e. The van der Waals surface area contributed by atoms with Crippen molar-refractivity contribution in [1.29, 1.82) is 0 Å². The van der Waals surface area contributed by atoms with Gasteiger partial charge in [-0.1, -0.05) is 23.7 Å². The highest BCUT2D eigenvalue weighted by Gasteiger charge is 2.20. The van der Waals surface area contributed by atoms with Crippen LogP contribution >= 0.6 is 11.6 Å². The van der Waals surface area contributed by atoms with Crippen LogP contribution in [-0.4, -0.2) is 23.0 Å². The first-order valence-electron chi connectivity index (χ1n) is 6.35. The molecule has 0 radical (unpaired) electrons. The molecular formula is C15H12ClFN2O3. The zero-order valence-corrected chi connectivity index (χ0v) is 12.3. The summed E-state index contributed by atoms with van der Waals surface area (Å²) in [6.07, 6.45) is 0.148. The number of nitrogens with one attached hydrogen (secondary N) is 1. The summed E-state index contributed by atoms with van der Waals surface area (Å²) >= 11 is 5.61. The number of carbonyl (C=O) groups excluding carboxylic acids is 2. The Balaban J connectivity index is 1.98. The standard InChI is InChI=1S/C15H12ClFN2O3/c1-9(14(20)19-12-5-3-2-4-11(12)17)22-15(21)10-6-7-13(16)18-8-10/h2-9H,1H3,(H,19,20). The number of aromatic nitrogens is 1. The van der Waals surface area contributed by atoms with Crippen molar-refractivity contribution in [2.75, 3.05) is 5.32 Å². The summed E-state index contributed by atoms with van der Waals surface area (Å²) < 4.78 is 18.4. The van der Waals surface area contributed by atoms with Gasteiger partial charge in [0.1, 0.15) is 11.0 Å². The van der Waals surface area contributed by atoms with Gasteiger partial charge in [-0.2, -0.15) is 0 Å². The van der Waals surface area contributed by atoms with E-state index < -0.39 is 23.8 Å². The van der Waals surface area contributed by atoms with Crippen LogP contribution in [0.3, 0.4) is 0 Å². The molecule has 0 fully saturated rings. The fourth-order valence-corrected chi connectivity index (χ4v) is 1.69. The van der Waals surface area contributed by atoms with E-state index in [0.29, 0.717) is 0 Å². The molecule has 1 N–H and O–H groups in total. The lowest BCUT2D eigenvalue weighted by Crippen LogP contribution is -2.30. The molecule has 0 saturated heterocycles. The Morgan fingerprint density at radius 3 is 2.64 bits per heavy atom. The van der Waals surface area contributed by atoms with Gasteiger partial charge in [-0.15, -0.1) is 0 Å². The zero-order chi connectivity index (χ0) is 16.1. The van der Waals surface area contributed by atoms with Crippen molar-refractivity contribution in [3.8, 4) is 0 Å². The number of carbonyl (C=O) groups is 2. The Kier molecular flexibility index (Phi) is 5.06. The summed E-state index contributed by atoms with van der Waals surface area (Å²) in [6.45, 7) is 1.39. The van der Waals surface area contributed by atoms with Gasteiger partial charge in [0.2, 0.25) is 0 Å². The van der Waals surface area contributed by atoms with Gasteiger partial charge in [-0.25, -0.2) is 14.2 Å². The zero-order valence-electron chi connectivity index (χ0n) is 11.5. The molecule has 1 unspecified atom stereocenters. The van der Waals surface area contributed by atoms with Crippen LogP contribution in [-0.2, 0) is 9.53 Å². The second kappa shape index (κ2) is 7.00. The van der Waals surface area contributed by atoms with Crippen LogP contribution < -0.4 is 5.32 Å². The predicted octanol–water partition coefficient (Wildman–Crippen LogP) is 3.06. The van der Waals surface area contributed by atoms with Crippen LogP contribution in [0.15, 0.2) is 42.6 Å². The Morgan fingerprint density at radius 2 is 2.00 bits per heavy atom. The predicted molar refractivity (Wildman–Crippen MR) is 79.2 cm³/mol. The fourth-order valence-electron chi connectivity index (χ4n) is 1.58. The summed E-state index contributed by atoms with van der Waals surface area (Å²) in [4.78, 5) is 27.5. The molecule has 22 heavy (non-hydrogen) atoms. The summed E-state index contributed by atoms with van der Waals surface area (Å²) in [5.41, 5.74) is 0.179. The highest BCUT2D eigenvalue weighted by Crippen LogP contribution is 2.14. The van der Waals surface area contributed by atoms with Gasteiger partial charge in [0.15, 0.2) is 6.10 Å². The molecule has 0 bridgehead atoms. The monoisotopic (exact) mass is 322 g/mol. The Labute approximate surface area is 131 Å². The summed E-state index contributed by atoms with van der Waals surface area (Å²) in [7, 11) is 0. The largest absolute Gasteiger partial charge is 0.449 e. The normalized spacial score (nSPS) is 11.6. The number of esters is 1. The quantitative estimate of drug-likeness (QED) is 0.694. The fraction of sp³-hybridized carbons (Fsp3) is 0.133. The molecule has 2 rings (SSSR count). The molecule has 1 amide bonds. The lowest BCUT2D eigenvalue weighted by Gasteiger charge is -2.13. The number of pyridine rings is 1. The third-order valence-electron chi connectivity index (χ3n) is 2.75. The second-order valence-corrected chi connectivity index (χ2v) is 4.77. The van der Waals surface area contributed by atoms with E-state index in [0.717, 1.165) is 0 Å². The molecule has 2 aromatic rings. The van der Waals surface area contributed by atoms with Crippen molar-refractivity contribution in [2.24, 2.45) is 0 Å². The van der Waals surface area contributed by atoms with E-state index in [1.807, 2.05) is 0 Å². The number of ether oxygens (including phenoxy) is 1. The maximum Gasteiger partial charge on any atom is 0.340 e. The van der Waals surface area contributed by atoms with E-state index in [-0.39, 0.29) is 16.4 Å². The van der Waals surface area contributed by atoms with Gasteiger partial charge in [0.25, 0.3) is 5.91 Å². The third kappa shape index (κ3) is 4.02. The number of nitrogens with zero attached hydrogens (tertiary/aromatic N) is 1. The van der Waals surface area contributed by atoms with Crippen LogP contribution in [0.1, 0.15) is 17.3 Å². The van der Waals surface area contributed by atoms with Gasteiger partial charge in [0.05, 0.1) is 11.3 Å². The molecule has 0 aliphatic heterocycles.